The first-order valence-electron chi connectivity index (χ1n) is 4.08. The Morgan fingerprint density at radius 3 is 2.42 bits per heavy atom. The zero-order chi connectivity index (χ0) is 9.19. The minimum Gasteiger partial charge on any atom is -0.464 e. The highest BCUT2D eigenvalue weighted by molar-refractivity contribution is 5.64. The van der Waals surface area contributed by atoms with Crippen LogP contribution in [0.3, 0.4) is 0 Å². The van der Waals surface area contributed by atoms with Crippen LogP contribution in [0, 0.1) is 0 Å². The molecule has 12 heavy (non-hydrogen) atoms. The van der Waals surface area contributed by atoms with Gasteiger partial charge in [0.1, 0.15) is 5.59 Å². The molecule has 1 aliphatic rings. The van der Waals surface area contributed by atoms with Crippen molar-refractivity contribution in [2.45, 2.75) is 39.2 Å². The second-order valence-electron chi connectivity index (χ2n) is 3.05. The van der Waals surface area contributed by atoms with Gasteiger partial charge in [0.15, 0.2) is 0 Å². The van der Waals surface area contributed by atoms with E-state index in [-0.39, 0.29) is 11.6 Å². The lowest BCUT2D eigenvalue weighted by atomic mass is 9.96. The van der Waals surface area contributed by atoms with Crippen LogP contribution in [0.1, 0.15) is 33.6 Å². The number of rotatable bonds is 3. The Balaban J connectivity index is 2.68. The summed E-state index contributed by atoms with van der Waals surface area (Å²) < 4.78 is 0. The van der Waals surface area contributed by atoms with E-state index in [4.69, 9.17) is 5.11 Å². The monoisotopic (exact) mass is 172 g/mol. The van der Waals surface area contributed by atoms with Crippen LogP contribution in [-0.2, 0) is 4.84 Å². The van der Waals surface area contributed by atoms with E-state index in [1.165, 1.54) is 5.12 Å². The molecule has 0 saturated heterocycles. The Morgan fingerprint density at radius 2 is 2.08 bits per heavy atom. The molecular formula is C7H14N3O2. The van der Waals surface area contributed by atoms with Gasteiger partial charge in [-0.05, 0) is 19.8 Å². The zero-order valence-electron chi connectivity index (χ0n) is 7.61. The van der Waals surface area contributed by atoms with Crippen LogP contribution >= 0.6 is 0 Å². The van der Waals surface area contributed by atoms with E-state index in [1.54, 1.807) is 0 Å². The smallest absolute Gasteiger partial charge is 0.427 e. The van der Waals surface area contributed by atoms with Crippen molar-refractivity contribution in [3.8, 4) is 0 Å². The van der Waals surface area contributed by atoms with Crippen LogP contribution in [0.25, 0.3) is 0 Å². The van der Waals surface area contributed by atoms with E-state index in [1.807, 2.05) is 20.8 Å². The largest absolute Gasteiger partial charge is 0.464 e. The van der Waals surface area contributed by atoms with Crippen molar-refractivity contribution < 1.29 is 9.94 Å². The molecule has 0 unspecified atom stereocenters. The summed E-state index contributed by atoms with van der Waals surface area (Å²) in [7, 11) is 0. The summed E-state index contributed by atoms with van der Waals surface area (Å²) in [6.45, 7) is 6.11. The van der Waals surface area contributed by atoms with Gasteiger partial charge in [0.25, 0.3) is 0 Å². The first-order chi connectivity index (χ1) is 5.62. The quantitative estimate of drug-likeness (QED) is 0.695. The first kappa shape index (κ1) is 9.12. The second-order valence-corrected chi connectivity index (χ2v) is 3.05. The SMILES string of the molecule is CCC(C)(CC)N1[N]OC(O)=N1. The van der Waals surface area contributed by atoms with E-state index < -0.39 is 0 Å². The van der Waals surface area contributed by atoms with Crippen molar-refractivity contribution in [1.82, 2.24) is 10.7 Å². The lowest BCUT2D eigenvalue weighted by Gasteiger charge is -2.31. The molecule has 0 atom stereocenters. The van der Waals surface area contributed by atoms with Gasteiger partial charge in [-0.3, -0.25) is 0 Å². The van der Waals surface area contributed by atoms with Gasteiger partial charge >= 0.3 is 6.08 Å². The molecule has 69 valence electrons. The number of hydrogen-bond acceptors (Lipinski definition) is 3. The maximum absolute atomic E-state index is 8.85. The van der Waals surface area contributed by atoms with Crippen LogP contribution in [0.4, 0.5) is 0 Å². The van der Waals surface area contributed by atoms with Crippen molar-refractivity contribution in [3.63, 3.8) is 0 Å². The molecule has 0 saturated carbocycles. The summed E-state index contributed by atoms with van der Waals surface area (Å²) >= 11 is 0. The number of aliphatic hydroxyl groups excluding tert-OH is 1. The molecule has 0 aromatic carbocycles. The molecule has 1 radical (unpaired) electrons. The van der Waals surface area contributed by atoms with Crippen molar-refractivity contribution in [3.05, 3.63) is 0 Å². The zero-order valence-corrected chi connectivity index (χ0v) is 7.61. The van der Waals surface area contributed by atoms with Crippen molar-refractivity contribution in [2.24, 2.45) is 5.10 Å². The third-order valence-electron chi connectivity index (χ3n) is 2.39. The number of hydrogen-bond donors (Lipinski definition) is 1. The lowest BCUT2D eigenvalue weighted by Crippen LogP contribution is -2.43. The average molecular weight is 172 g/mol. The summed E-state index contributed by atoms with van der Waals surface area (Å²) in [6.07, 6.45) is 1.41. The van der Waals surface area contributed by atoms with Crippen LogP contribution in [0.2, 0.25) is 0 Å². The highest BCUT2D eigenvalue weighted by atomic mass is 16.8. The fraction of sp³-hybridized carbons (Fsp3) is 0.857. The Bertz CT molecular complexity index is 189. The van der Waals surface area contributed by atoms with Crippen LogP contribution in [0.15, 0.2) is 5.10 Å². The normalized spacial score (nSPS) is 17.6. The standard InChI is InChI=1S/C7H14N3O2/c1-4-7(3,5-2)10-8-6(11)12-9-10/h4-5H2,1-3H3,(H,8,11). The molecule has 0 spiro atoms. The molecular weight excluding hydrogens is 158 g/mol. The van der Waals surface area contributed by atoms with Gasteiger partial charge in [-0.1, -0.05) is 18.9 Å². The summed E-state index contributed by atoms with van der Waals surface area (Å²) in [6, 6.07) is 0. The fourth-order valence-electron chi connectivity index (χ4n) is 0.945. The Kier molecular flexibility index (Phi) is 2.42. The Labute approximate surface area is 71.9 Å². The predicted octanol–water partition coefficient (Wildman–Crippen LogP) is 1.16. The summed E-state index contributed by atoms with van der Waals surface area (Å²) in [5, 5.41) is 14.0. The minimum atomic E-state index is -0.386. The highest BCUT2D eigenvalue weighted by Gasteiger charge is 2.34. The van der Waals surface area contributed by atoms with E-state index in [9.17, 15) is 0 Å². The summed E-state index contributed by atoms with van der Waals surface area (Å²) in [5.74, 6) is 0. The molecule has 1 rings (SSSR count). The van der Waals surface area contributed by atoms with Crippen molar-refractivity contribution in [2.75, 3.05) is 0 Å². The molecule has 5 nitrogen and oxygen atoms in total. The number of hydrazone groups is 1. The van der Waals surface area contributed by atoms with E-state index in [0.29, 0.717) is 0 Å². The van der Waals surface area contributed by atoms with Gasteiger partial charge in [-0.15, -0.1) is 0 Å². The van der Waals surface area contributed by atoms with Gasteiger partial charge in [0.05, 0.1) is 5.54 Å². The van der Waals surface area contributed by atoms with Gasteiger partial charge in [0.2, 0.25) is 0 Å². The van der Waals surface area contributed by atoms with Gasteiger partial charge in [-0.2, -0.15) is 5.12 Å². The summed E-state index contributed by atoms with van der Waals surface area (Å²) in [5.41, 5.74) is 3.45. The van der Waals surface area contributed by atoms with Crippen molar-refractivity contribution >= 4 is 6.08 Å². The molecule has 0 aliphatic carbocycles. The van der Waals surface area contributed by atoms with Gasteiger partial charge < -0.3 is 9.94 Å². The molecule has 0 amide bonds. The molecule has 0 aromatic heterocycles. The van der Waals surface area contributed by atoms with E-state index >= 15 is 0 Å². The molecule has 0 fully saturated rings. The predicted molar refractivity (Wildman–Crippen MR) is 44.1 cm³/mol. The molecule has 1 N–H and O–H groups in total. The third-order valence-corrected chi connectivity index (χ3v) is 2.39. The van der Waals surface area contributed by atoms with Crippen LogP contribution < -0.4 is 5.59 Å². The maximum atomic E-state index is 8.85. The maximum Gasteiger partial charge on any atom is 0.427 e. The van der Waals surface area contributed by atoms with Gasteiger partial charge in [0, 0.05) is 0 Å². The van der Waals surface area contributed by atoms with Crippen molar-refractivity contribution in [1.29, 1.82) is 0 Å². The number of aliphatic hydroxyl groups is 1. The molecule has 0 bridgehead atoms. The second kappa shape index (κ2) is 3.18. The average Bonchev–Trinajstić information content (AvgIpc) is 2.51. The Morgan fingerprint density at radius 1 is 1.50 bits per heavy atom. The fourth-order valence-corrected chi connectivity index (χ4v) is 0.945. The van der Waals surface area contributed by atoms with E-state index in [0.717, 1.165) is 12.8 Å². The molecule has 1 aliphatic heterocycles. The Hall–Kier alpha value is -0.970. The molecule has 5 heteroatoms. The highest BCUT2D eigenvalue weighted by Crippen LogP contribution is 2.24. The van der Waals surface area contributed by atoms with Crippen LogP contribution in [-0.4, -0.2) is 21.8 Å². The minimum absolute atomic E-state index is 0.162. The molecule has 1 heterocycles. The molecule has 0 aromatic rings. The van der Waals surface area contributed by atoms with Gasteiger partial charge in [-0.25, -0.2) is 0 Å². The third kappa shape index (κ3) is 1.45. The van der Waals surface area contributed by atoms with E-state index in [2.05, 4.69) is 15.5 Å². The summed E-state index contributed by atoms with van der Waals surface area (Å²) in [4.78, 5) is 4.47. The van der Waals surface area contributed by atoms with Crippen LogP contribution in [0.5, 0.6) is 0 Å². The lowest BCUT2D eigenvalue weighted by molar-refractivity contribution is -0.0583. The number of nitrogens with zero attached hydrogens (tertiary/aromatic N) is 3. The topological polar surface area (TPSA) is 59.2 Å². The first-order valence-corrected chi connectivity index (χ1v) is 4.08.